The number of nitrogens with zero attached hydrogens (tertiary/aromatic N) is 2. The zero-order chi connectivity index (χ0) is 24.5. The van der Waals surface area contributed by atoms with E-state index in [1.54, 1.807) is 50.1 Å². The lowest BCUT2D eigenvalue weighted by molar-refractivity contribution is -0.145. The van der Waals surface area contributed by atoms with Gasteiger partial charge in [-0.3, -0.25) is 4.79 Å². The molecule has 0 saturated heterocycles. The number of carbonyl (C=O) groups is 2. The minimum absolute atomic E-state index is 0.0604. The van der Waals surface area contributed by atoms with Crippen LogP contribution in [0, 0.1) is 13.8 Å². The summed E-state index contributed by atoms with van der Waals surface area (Å²) >= 11 is 0.998. The number of carbonyl (C=O) groups excluding carboxylic acids is 2. The van der Waals surface area contributed by atoms with Gasteiger partial charge in [0.2, 0.25) is 5.91 Å². The van der Waals surface area contributed by atoms with Gasteiger partial charge in [0, 0.05) is 12.2 Å². The van der Waals surface area contributed by atoms with Crippen molar-refractivity contribution in [1.29, 1.82) is 0 Å². The van der Waals surface area contributed by atoms with E-state index in [1.807, 2.05) is 13.0 Å². The number of nitrogens with one attached hydrogen (secondary N) is 1. The van der Waals surface area contributed by atoms with Crippen molar-refractivity contribution in [2.75, 3.05) is 6.54 Å². The molecule has 178 valence electrons. The Labute approximate surface area is 195 Å². The standard InChI is InChI=1S/C23H26F3N3O3S/c1-6-27-17(30)10-15-11-33-22-28-20(23(24,25)26)18(21(31)32-12(2)3)19(29(15)22)16-9-13(4)7-8-14(16)5/h7-9,11-12,19H,6,10H2,1-5H3,(H,27,30). The highest BCUT2D eigenvalue weighted by Crippen LogP contribution is 2.48. The number of amides is 1. The van der Waals surface area contributed by atoms with Crippen molar-refractivity contribution >= 4 is 28.8 Å². The van der Waals surface area contributed by atoms with Gasteiger partial charge in [0.25, 0.3) is 0 Å². The average molecular weight is 482 g/mol. The fourth-order valence-corrected chi connectivity index (χ4v) is 4.65. The van der Waals surface area contributed by atoms with Crippen LogP contribution < -0.4 is 5.32 Å². The minimum Gasteiger partial charge on any atom is -0.459 e. The Hall–Kier alpha value is -2.75. The second-order valence-corrected chi connectivity index (χ2v) is 8.93. The van der Waals surface area contributed by atoms with Crippen LogP contribution in [0.5, 0.6) is 0 Å². The molecule has 1 amide bonds. The van der Waals surface area contributed by atoms with E-state index in [2.05, 4.69) is 10.3 Å². The molecule has 0 spiro atoms. The van der Waals surface area contributed by atoms with E-state index in [1.165, 1.54) is 0 Å². The van der Waals surface area contributed by atoms with Gasteiger partial charge in [0.15, 0.2) is 10.9 Å². The number of allylic oxidation sites excluding steroid dienone is 1. The van der Waals surface area contributed by atoms with E-state index < -0.39 is 35.6 Å². The number of esters is 1. The zero-order valence-electron chi connectivity index (χ0n) is 19.0. The number of fused-ring (bicyclic) bond motifs is 1. The van der Waals surface area contributed by atoms with Crippen LogP contribution in [0.1, 0.15) is 49.9 Å². The number of thioether (sulfide) groups is 1. The van der Waals surface area contributed by atoms with Gasteiger partial charge in [0.05, 0.1) is 24.1 Å². The highest BCUT2D eigenvalue weighted by molar-refractivity contribution is 8.16. The van der Waals surface area contributed by atoms with Crippen molar-refractivity contribution in [3.8, 4) is 0 Å². The molecule has 2 aliphatic rings. The molecule has 0 aliphatic carbocycles. The number of ether oxygens (including phenoxy) is 1. The first-order chi connectivity index (χ1) is 15.4. The van der Waals surface area contributed by atoms with Gasteiger partial charge in [-0.05, 0) is 51.2 Å². The number of amidine groups is 1. The van der Waals surface area contributed by atoms with Gasteiger partial charge in [0.1, 0.15) is 0 Å². The Morgan fingerprint density at radius 1 is 1.27 bits per heavy atom. The number of alkyl halides is 3. The Balaban J connectivity index is 2.25. The quantitative estimate of drug-likeness (QED) is 0.586. The molecule has 6 nitrogen and oxygen atoms in total. The highest BCUT2D eigenvalue weighted by Gasteiger charge is 2.49. The van der Waals surface area contributed by atoms with Gasteiger partial charge in [-0.25, -0.2) is 9.79 Å². The third kappa shape index (κ3) is 5.26. The largest absolute Gasteiger partial charge is 0.459 e. The van der Waals surface area contributed by atoms with Crippen molar-refractivity contribution < 1.29 is 27.5 Å². The topological polar surface area (TPSA) is 71.0 Å². The first-order valence-electron chi connectivity index (χ1n) is 10.5. The number of benzene rings is 1. The molecule has 1 atom stereocenters. The summed E-state index contributed by atoms with van der Waals surface area (Å²) in [7, 11) is 0. The van der Waals surface area contributed by atoms with Gasteiger partial charge in [-0.1, -0.05) is 35.5 Å². The minimum atomic E-state index is -4.87. The molecule has 10 heteroatoms. The predicted octanol–water partition coefficient (Wildman–Crippen LogP) is 4.90. The number of aryl methyl sites for hydroxylation is 2. The second-order valence-electron chi connectivity index (χ2n) is 8.10. The van der Waals surface area contributed by atoms with Gasteiger partial charge < -0.3 is 15.0 Å². The van der Waals surface area contributed by atoms with Crippen molar-refractivity contribution in [3.05, 3.63) is 57.3 Å². The molecule has 33 heavy (non-hydrogen) atoms. The molecule has 0 saturated carbocycles. The van der Waals surface area contributed by atoms with Crippen molar-refractivity contribution in [1.82, 2.24) is 10.2 Å². The Morgan fingerprint density at radius 2 is 1.97 bits per heavy atom. The summed E-state index contributed by atoms with van der Waals surface area (Å²) in [5.41, 5.74) is 0.655. The van der Waals surface area contributed by atoms with Crippen LogP contribution in [0.25, 0.3) is 0 Å². The van der Waals surface area contributed by atoms with Crippen LogP contribution in [0.15, 0.2) is 45.6 Å². The Bertz CT molecular complexity index is 1060. The third-order valence-electron chi connectivity index (χ3n) is 5.09. The zero-order valence-corrected chi connectivity index (χ0v) is 19.9. The molecule has 2 aliphatic heterocycles. The highest BCUT2D eigenvalue weighted by atomic mass is 32.2. The van der Waals surface area contributed by atoms with Gasteiger partial charge >= 0.3 is 12.1 Å². The molecule has 0 aromatic heterocycles. The number of hydrogen-bond acceptors (Lipinski definition) is 6. The Kier molecular flexibility index (Phi) is 7.26. The van der Waals surface area contributed by atoms with Crippen LogP contribution in [0.2, 0.25) is 0 Å². The van der Waals surface area contributed by atoms with Crippen LogP contribution in [0.3, 0.4) is 0 Å². The van der Waals surface area contributed by atoms with Crippen molar-refractivity contribution in [2.24, 2.45) is 4.99 Å². The molecule has 1 aromatic rings. The number of aliphatic imine (C=N–C) groups is 1. The summed E-state index contributed by atoms with van der Waals surface area (Å²) in [6, 6.07) is 4.26. The molecular weight excluding hydrogens is 455 g/mol. The SMILES string of the molecule is CCNC(=O)CC1=CSC2=NC(C(F)(F)F)=C(C(=O)OC(C)C)C(c3cc(C)ccc3C)N12. The molecule has 2 heterocycles. The lowest BCUT2D eigenvalue weighted by Crippen LogP contribution is -2.40. The molecule has 1 aromatic carbocycles. The molecule has 0 bridgehead atoms. The summed E-state index contributed by atoms with van der Waals surface area (Å²) in [4.78, 5) is 30.8. The second kappa shape index (κ2) is 9.62. The Morgan fingerprint density at radius 3 is 2.58 bits per heavy atom. The first kappa shape index (κ1) is 24.9. The molecule has 0 radical (unpaired) electrons. The first-order valence-corrected chi connectivity index (χ1v) is 11.4. The summed E-state index contributed by atoms with van der Waals surface area (Å²) in [5, 5.41) is 4.37. The van der Waals surface area contributed by atoms with Crippen molar-refractivity contribution in [3.63, 3.8) is 0 Å². The van der Waals surface area contributed by atoms with E-state index >= 15 is 0 Å². The summed E-state index contributed by atoms with van der Waals surface area (Å²) < 4.78 is 47.7. The van der Waals surface area contributed by atoms with E-state index in [9.17, 15) is 22.8 Å². The molecule has 3 rings (SSSR count). The van der Waals surface area contributed by atoms with E-state index in [0.29, 0.717) is 23.4 Å². The van der Waals surface area contributed by atoms with E-state index in [4.69, 9.17) is 4.74 Å². The maximum atomic E-state index is 14.1. The summed E-state index contributed by atoms with van der Waals surface area (Å²) in [6.07, 6.45) is -5.55. The number of rotatable bonds is 6. The third-order valence-corrected chi connectivity index (χ3v) is 5.97. The van der Waals surface area contributed by atoms with Gasteiger partial charge in [-0.15, -0.1) is 0 Å². The molecule has 1 N–H and O–H groups in total. The van der Waals surface area contributed by atoms with E-state index in [0.717, 1.165) is 17.3 Å². The monoisotopic (exact) mass is 481 g/mol. The van der Waals surface area contributed by atoms with Crippen LogP contribution >= 0.6 is 11.8 Å². The van der Waals surface area contributed by atoms with Crippen LogP contribution in [-0.4, -0.2) is 40.8 Å². The molecular formula is C23H26F3N3O3S. The number of halogens is 3. The molecule has 1 unspecified atom stereocenters. The maximum absolute atomic E-state index is 14.1. The van der Waals surface area contributed by atoms with Crippen LogP contribution in [-0.2, 0) is 14.3 Å². The predicted molar refractivity (Wildman–Crippen MR) is 121 cm³/mol. The average Bonchev–Trinajstić information content (AvgIpc) is 3.10. The summed E-state index contributed by atoms with van der Waals surface area (Å²) in [5.74, 6) is -1.36. The maximum Gasteiger partial charge on any atom is 0.434 e. The van der Waals surface area contributed by atoms with E-state index in [-0.39, 0.29) is 17.5 Å². The van der Waals surface area contributed by atoms with Crippen LogP contribution in [0.4, 0.5) is 13.2 Å². The smallest absolute Gasteiger partial charge is 0.434 e. The van der Waals surface area contributed by atoms with Crippen molar-refractivity contribution in [2.45, 2.75) is 59.4 Å². The lowest BCUT2D eigenvalue weighted by Gasteiger charge is -2.37. The lowest BCUT2D eigenvalue weighted by atomic mass is 9.89. The molecule has 0 fully saturated rings. The fraction of sp³-hybridized carbons (Fsp3) is 0.435. The fourth-order valence-electron chi connectivity index (χ4n) is 3.73. The normalized spacial score (nSPS) is 18.2. The van der Waals surface area contributed by atoms with Gasteiger partial charge in [-0.2, -0.15) is 13.2 Å². The summed E-state index contributed by atoms with van der Waals surface area (Å²) in [6.45, 7) is 8.94. The number of hydrogen-bond donors (Lipinski definition) is 1.